The van der Waals surface area contributed by atoms with Gasteiger partial charge in [0.15, 0.2) is 0 Å². The van der Waals surface area contributed by atoms with Gasteiger partial charge in [0.1, 0.15) is 5.75 Å². The van der Waals surface area contributed by atoms with Gasteiger partial charge >= 0.3 is 0 Å². The van der Waals surface area contributed by atoms with Crippen LogP contribution in [0.4, 0.5) is 0 Å². The predicted octanol–water partition coefficient (Wildman–Crippen LogP) is 4.69. The van der Waals surface area contributed by atoms with Crippen molar-refractivity contribution >= 4 is 31.9 Å². The van der Waals surface area contributed by atoms with E-state index in [9.17, 15) is 0 Å². The molecule has 1 atom stereocenters. The van der Waals surface area contributed by atoms with Gasteiger partial charge in [0.2, 0.25) is 0 Å². The van der Waals surface area contributed by atoms with Crippen LogP contribution in [-0.2, 0) is 0 Å². The van der Waals surface area contributed by atoms with Crippen LogP contribution in [0.2, 0.25) is 0 Å². The maximum Gasteiger partial charge on any atom is 0.133 e. The van der Waals surface area contributed by atoms with Crippen molar-refractivity contribution in [2.75, 3.05) is 7.11 Å². The van der Waals surface area contributed by atoms with Crippen molar-refractivity contribution in [1.29, 1.82) is 0 Å². The van der Waals surface area contributed by atoms with Crippen LogP contribution in [0.25, 0.3) is 0 Å². The zero-order valence-corrected chi connectivity index (χ0v) is 11.8. The zero-order valence-electron chi connectivity index (χ0n) is 8.67. The fourth-order valence-corrected chi connectivity index (χ4v) is 3.03. The van der Waals surface area contributed by atoms with E-state index in [1.165, 1.54) is 24.8 Å². The summed E-state index contributed by atoms with van der Waals surface area (Å²) in [5.74, 6) is 1.83. The van der Waals surface area contributed by atoms with Crippen molar-refractivity contribution in [3.05, 3.63) is 28.2 Å². The second-order valence-corrected chi connectivity index (χ2v) is 6.00. The number of halogens is 2. The summed E-state index contributed by atoms with van der Waals surface area (Å²) in [6, 6.07) is 6.28. The summed E-state index contributed by atoms with van der Waals surface area (Å²) in [7, 11) is 1.69. The third kappa shape index (κ3) is 2.97. The minimum Gasteiger partial charge on any atom is -0.496 e. The van der Waals surface area contributed by atoms with Crippen LogP contribution in [-0.4, -0.2) is 7.11 Å². The molecular weight excluding hydrogens is 320 g/mol. The van der Waals surface area contributed by atoms with Gasteiger partial charge in [0.05, 0.1) is 11.6 Å². The molecule has 82 valence electrons. The fraction of sp³-hybridized carbons (Fsp3) is 0.500. The molecule has 1 aliphatic rings. The summed E-state index contributed by atoms with van der Waals surface area (Å²) in [6.45, 7) is 0. The molecule has 1 saturated carbocycles. The van der Waals surface area contributed by atoms with Gasteiger partial charge in [0, 0.05) is 4.83 Å². The number of hydrogen-bond donors (Lipinski definition) is 0. The van der Waals surface area contributed by atoms with E-state index in [1.807, 2.05) is 6.07 Å². The Morgan fingerprint density at radius 3 is 2.73 bits per heavy atom. The van der Waals surface area contributed by atoms with E-state index in [4.69, 9.17) is 4.74 Å². The molecule has 2 rings (SSSR count). The lowest BCUT2D eigenvalue weighted by atomic mass is 10.1. The Balaban J connectivity index is 2.09. The first-order chi connectivity index (χ1) is 7.20. The molecule has 0 N–H and O–H groups in total. The fourth-order valence-electron chi connectivity index (χ4n) is 1.66. The highest BCUT2D eigenvalue weighted by molar-refractivity contribution is 9.10. The number of alkyl halides is 1. The summed E-state index contributed by atoms with van der Waals surface area (Å²) >= 11 is 7.26. The van der Waals surface area contributed by atoms with Gasteiger partial charge in [-0.1, -0.05) is 34.8 Å². The molecule has 0 spiro atoms. The quantitative estimate of drug-likeness (QED) is 0.726. The van der Waals surface area contributed by atoms with Crippen LogP contribution in [0, 0.1) is 5.92 Å². The highest BCUT2D eigenvalue weighted by atomic mass is 79.9. The van der Waals surface area contributed by atoms with E-state index in [0.29, 0.717) is 4.83 Å². The molecule has 3 heteroatoms. The lowest BCUT2D eigenvalue weighted by Gasteiger charge is -2.11. The van der Waals surface area contributed by atoms with Crippen molar-refractivity contribution in [2.45, 2.75) is 24.1 Å². The first kappa shape index (κ1) is 11.5. The Morgan fingerprint density at radius 2 is 2.20 bits per heavy atom. The normalized spacial score (nSPS) is 17.5. The molecule has 1 aromatic carbocycles. The molecule has 0 aromatic heterocycles. The third-order valence-corrected chi connectivity index (χ3v) is 4.30. The lowest BCUT2D eigenvalue weighted by molar-refractivity contribution is 0.412. The Morgan fingerprint density at radius 1 is 1.47 bits per heavy atom. The van der Waals surface area contributed by atoms with Gasteiger partial charge in [-0.15, -0.1) is 0 Å². The van der Waals surface area contributed by atoms with E-state index in [-0.39, 0.29) is 0 Å². The van der Waals surface area contributed by atoms with Crippen molar-refractivity contribution < 1.29 is 4.74 Å². The van der Waals surface area contributed by atoms with E-state index in [2.05, 4.69) is 44.0 Å². The number of rotatable bonds is 4. The highest BCUT2D eigenvalue weighted by Crippen LogP contribution is 2.42. The SMILES string of the molecule is COc1ccc(C(Br)CC2CC2)cc1Br. The molecule has 1 fully saturated rings. The van der Waals surface area contributed by atoms with E-state index >= 15 is 0 Å². The Bertz CT molecular complexity index is 347. The second kappa shape index (κ2) is 4.88. The Kier molecular flexibility index (Phi) is 3.73. The van der Waals surface area contributed by atoms with Crippen LogP contribution in [0.15, 0.2) is 22.7 Å². The van der Waals surface area contributed by atoms with Crippen LogP contribution in [0.3, 0.4) is 0 Å². The van der Waals surface area contributed by atoms with Gasteiger partial charge < -0.3 is 4.74 Å². The monoisotopic (exact) mass is 332 g/mol. The number of methoxy groups -OCH3 is 1. The second-order valence-electron chi connectivity index (χ2n) is 4.04. The average molecular weight is 334 g/mol. The van der Waals surface area contributed by atoms with E-state index < -0.39 is 0 Å². The first-order valence-electron chi connectivity index (χ1n) is 5.18. The first-order valence-corrected chi connectivity index (χ1v) is 6.89. The molecule has 1 nitrogen and oxygen atoms in total. The van der Waals surface area contributed by atoms with Crippen molar-refractivity contribution in [1.82, 2.24) is 0 Å². The summed E-state index contributed by atoms with van der Waals surface area (Å²) in [6.07, 6.45) is 4.05. The van der Waals surface area contributed by atoms with Gasteiger partial charge in [-0.05, 0) is 46.0 Å². The number of benzene rings is 1. The third-order valence-electron chi connectivity index (χ3n) is 2.77. The van der Waals surface area contributed by atoms with E-state index in [0.717, 1.165) is 16.1 Å². The Labute approximate surface area is 107 Å². The highest BCUT2D eigenvalue weighted by Gasteiger charge is 2.25. The minimum atomic E-state index is 0.479. The maximum absolute atomic E-state index is 5.21. The summed E-state index contributed by atoms with van der Waals surface area (Å²) in [4.78, 5) is 0.479. The van der Waals surface area contributed by atoms with Gasteiger partial charge in [0.25, 0.3) is 0 Å². The lowest BCUT2D eigenvalue weighted by Crippen LogP contribution is -1.93. The van der Waals surface area contributed by atoms with Crippen LogP contribution in [0.1, 0.15) is 29.7 Å². The molecule has 15 heavy (non-hydrogen) atoms. The van der Waals surface area contributed by atoms with Crippen molar-refractivity contribution in [2.24, 2.45) is 5.92 Å². The van der Waals surface area contributed by atoms with Gasteiger partial charge in [-0.2, -0.15) is 0 Å². The van der Waals surface area contributed by atoms with Gasteiger partial charge in [-0.3, -0.25) is 0 Å². The summed E-state index contributed by atoms with van der Waals surface area (Å²) < 4.78 is 6.24. The molecular formula is C12H14Br2O. The van der Waals surface area contributed by atoms with Crippen LogP contribution >= 0.6 is 31.9 Å². The standard InChI is InChI=1S/C12H14Br2O/c1-15-12-5-4-9(7-11(12)14)10(13)6-8-2-3-8/h4-5,7-8,10H,2-3,6H2,1H3. The van der Waals surface area contributed by atoms with Gasteiger partial charge in [-0.25, -0.2) is 0 Å². The van der Waals surface area contributed by atoms with Crippen LogP contribution < -0.4 is 4.74 Å². The molecule has 0 bridgehead atoms. The van der Waals surface area contributed by atoms with Crippen LogP contribution in [0.5, 0.6) is 5.75 Å². The molecule has 0 heterocycles. The summed E-state index contributed by atoms with van der Waals surface area (Å²) in [5, 5.41) is 0. The molecule has 0 aliphatic heterocycles. The smallest absolute Gasteiger partial charge is 0.133 e. The topological polar surface area (TPSA) is 9.23 Å². The molecule has 0 radical (unpaired) electrons. The largest absolute Gasteiger partial charge is 0.496 e. The molecule has 0 saturated heterocycles. The van der Waals surface area contributed by atoms with Crippen molar-refractivity contribution in [3.8, 4) is 5.75 Å². The zero-order chi connectivity index (χ0) is 10.8. The van der Waals surface area contributed by atoms with Crippen molar-refractivity contribution in [3.63, 3.8) is 0 Å². The molecule has 0 amide bonds. The molecule has 1 aromatic rings. The Hall–Kier alpha value is -0.0200. The molecule has 1 aliphatic carbocycles. The summed E-state index contributed by atoms with van der Waals surface area (Å²) in [5.41, 5.74) is 1.33. The predicted molar refractivity (Wildman–Crippen MR) is 69.7 cm³/mol. The maximum atomic E-state index is 5.21. The van der Waals surface area contributed by atoms with E-state index in [1.54, 1.807) is 7.11 Å². The number of ether oxygens (including phenoxy) is 1. The number of hydrogen-bond acceptors (Lipinski definition) is 1. The molecule has 1 unspecified atom stereocenters. The minimum absolute atomic E-state index is 0.479. The average Bonchev–Trinajstić information content (AvgIpc) is 3.01.